The van der Waals surface area contributed by atoms with Crippen molar-refractivity contribution in [3.05, 3.63) is 23.8 Å². The molecule has 0 aromatic heterocycles. The normalized spacial score (nSPS) is 15.4. The largest absolute Gasteiger partial charge is 0.496 e. The second kappa shape index (κ2) is 6.77. The number of ether oxygens (including phenoxy) is 1. The van der Waals surface area contributed by atoms with Crippen LogP contribution in [-0.4, -0.2) is 28.1 Å². The first kappa shape index (κ1) is 16.3. The van der Waals surface area contributed by atoms with Crippen LogP contribution >= 0.6 is 0 Å². The number of benzene rings is 1. The Balaban J connectivity index is 2.16. The van der Waals surface area contributed by atoms with Crippen LogP contribution in [0.25, 0.3) is 0 Å². The molecule has 2 N–H and O–H groups in total. The van der Waals surface area contributed by atoms with Gasteiger partial charge in [0.1, 0.15) is 5.75 Å². The highest BCUT2D eigenvalue weighted by Crippen LogP contribution is 2.25. The minimum absolute atomic E-state index is 0.272. The molecule has 1 aromatic rings. The Bertz CT molecular complexity index is 581. The highest BCUT2D eigenvalue weighted by Gasteiger charge is 2.22. The minimum atomic E-state index is -3.46. The molecule has 0 unspecified atom stereocenters. The van der Waals surface area contributed by atoms with E-state index in [0.717, 1.165) is 5.56 Å². The van der Waals surface area contributed by atoms with Gasteiger partial charge in [0.15, 0.2) is 0 Å². The van der Waals surface area contributed by atoms with Gasteiger partial charge in [0, 0.05) is 24.7 Å². The highest BCUT2D eigenvalue weighted by atomic mass is 32.2. The summed E-state index contributed by atoms with van der Waals surface area (Å²) in [7, 11) is -1.86. The van der Waals surface area contributed by atoms with E-state index in [4.69, 9.17) is 4.74 Å². The number of hydrogen-bond donors (Lipinski definition) is 2. The minimum Gasteiger partial charge on any atom is -0.496 e. The molecule has 21 heavy (non-hydrogen) atoms. The van der Waals surface area contributed by atoms with Crippen LogP contribution in [0.5, 0.6) is 5.75 Å². The van der Waals surface area contributed by atoms with Crippen LogP contribution in [0.2, 0.25) is 0 Å². The third kappa shape index (κ3) is 4.69. The Labute approximate surface area is 127 Å². The molecule has 0 bridgehead atoms. The molecule has 5 nitrogen and oxygen atoms in total. The van der Waals surface area contributed by atoms with Gasteiger partial charge in [-0.15, -0.1) is 0 Å². The van der Waals surface area contributed by atoms with E-state index in [-0.39, 0.29) is 10.8 Å². The Morgan fingerprint density at radius 2 is 2.05 bits per heavy atom. The van der Waals surface area contributed by atoms with E-state index in [1.54, 1.807) is 25.3 Å². The van der Waals surface area contributed by atoms with E-state index in [1.165, 1.54) is 12.8 Å². The van der Waals surface area contributed by atoms with Gasteiger partial charge in [-0.05, 0) is 37.0 Å². The average molecular weight is 312 g/mol. The topological polar surface area (TPSA) is 67.4 Å². The quantitative estimate of drug-likeness (QED) is 0.769. The molecule has 118 valence electrons. The maximum absolute atomic E-state index is 12.3. The summed E-state index contributed by atoms with van der Waals surface area (Å²) >= 11 is 0. The van der Waals surface area contributed by atoms with Crippen molar-refractivity contribution in [2.45, 2.75) is 44.2 Å². The van der Waals surface area contributed by atoms with Crippen LogP contribution in [0.4, 0.5) is 0 Å². The van der Waals surface area contributed by atoms with Gasteiger partial charge in [-0.3, -0.25) is 0 Å². The Kier molecular flexibility index (Phi) is 5.24. The summed E-state index contributed by atoms with van der Waals surface area (Å²) in [5.41, 5.74) is 0.872. The molecule has 1 aliphatic carbocycles. The number of hydrogen-bond acceptors (Lipinski definition) is 4. The van der Waals surface area contributed by atoms with Gasteiger partial charge in [0.2, 0.25) is 10.0 Å². The number of methoxy groups -OCH3 is 1. The molecule has 1 saturated carbocycles. The Morgan fingerprint density at radius 1 is 1.33 bits per heavy atom. The SMILES string of the molecule is COc1ccc(S(=O)(=O)NCC(C)C)cc1CNC1CC1. The smallest absolute Gasteiger partial charge is 0.240 e. The maximum Gasteiger partial charge on any atom is 0.240 e. The summed E-state index contributed by atoms with van der Waals surface area (Å²) in [6, 6.07) is 5.56. The molecular formula is C15H24N2O3S. The highest BCUT2D eigenvalue weighted by molar-refractivity contribution is 7.89. The van der Waals surface area contributed by atoms with Crippen molar-refractivity contribution in [3.8, 4) is 5.75 Å². The van der Waals surface area contributed by atoms with Gasteiger partial charge in [-0.1, -0.05) is 13.8 Å². The van der Waals surface area contributed by atoms with Crippen molar-refractivity contribution >= 4 is 10.0 Å². The fraction of sp³-hybridized carbons (Fsp3) is 0.600. The first-order valence-electron chi connectivity index (χ1n) is 7.32. The van der Waals surface area contributed by atoms with Gasteiger partial charge in [-0.25, -0.2) is 13.1 Å². The lowest BCUT2D eigenvalue weighted by Gasteiger charge is -2.13. The molecule has 0 aliphatic heterocycles. The standard InChI is InChI=1S/C15H24N2O3S/c1-11(2)9-17-21(18,19)14-6-7-15(20-3)12(8-14)10-16-13-4-5-13/h6-8,11,13,16-17H,4-5,9-10H2,1-3H3. The van der Waals surface area contributed by atoms with Crippen molar-refractivity contribution in [1.29, 1.82) is 0 Å². The Hall–Kier alpha value is -1.11. The molecule has 0 saturated heterocycles. The number of nitrogens with one attached hydrogen (secondary N) is 2. The van der Waals surface area contributed by atoms with Gasteiger partial charge < -0.3 is 10.1 Å². The molecule has 1 aliphatic rings. The number of rotatable bonds is 8. The second-order valence-electron chi connectivity index (χ2n) is 5.87. The summed E-state index contributed by atoms with van der Waals surface area (Å²) in [5.74, 6) is 0.986. The van der Waals surface area contributed by atoms with E-state index in [0.29, 0.717) is 24.9 Å². The zero-order chi connectivity index (χ0) is 15.5. The van der Waals surface area contributed by atoms with Crippen LogP contribution < -0.4 is 14.8 Å². The van der Waals surface area contributed by atoms with E-state index < -0.39 is 10.0 Å². The lowest BCUT2D eigenvalue weighted by atomic mass is 10.2. The van der Waals surface area contributed by atoms with Crippen molar-refractivity contribution in [2.75, 3.05) is 13.7 Å². The third-order valence-corrected chi connectivity index (χ3v) is 4.82. The second-order valence-corrected chi connectivity index (χ2v) is 7.64. The fourth-order valence-corrected chi connectivity index (χ4v) is 3.23. The Morgan fingerprint density at radius 3 is 2.62 bits per heavy atom. The molecule has 2 rings (SSSR count). The summed E-state index contributed by atoms with van der Waals surface area (Å²) in [5, 5.41) is 3.38. The summed E-state index contributed by atoms with van der Waals surface area (Å²) in [6.07, 6.45) is 2.38. The maximum atomic E-state index is 12.3. The van der Waals surface area contributed by atoms with E-state index in [1.807, 2.05) is 13.8 Å². The predicted molar refractivity (Wildman–Crippen MR) is 82.9 cm³/mol. The van der Waals surface area contributed by atoms with Crippen LogP contribution in [0, 0.1) is 5.92 Å². The molecule has 1 fully saturated rings. The summed E-state index contributed by atoms with van der Waals surface area (Å²) in [4.78, 5) is 0.288. The van der Waals surface area contributed by atoms with Crippen molar-refractivity contribution in [1.82, 2.24) is 10.0 Å². The molecule has 6 heteroatoms. The molecule has 0 atom stereocenters. The summed E-state index contributed by atoms with van der Waals surface area (Å²) < 4.78 is 32.5. The van der Waals surface area contributed by atoms with Crippen LogP contribution in [-0.2, 0) is 16.6 Å². The average Bonchev–Trinajstić information content (AvgIpc) is 3.27. The zero-order valence-electron chi connectivity index (χ0n) is 12.8. The van der Waals surface area contributed by atoms with Crippen molar-refractivity contribution in [3.63, 3.8) is 0 Å². The van der Waals surface area contributed by atoms with E-state index >= 15 is 0 Å². The molecular weight excluding hydrogens is 288 g/mol. The van der Waals surface area contributed by atoms with E-state index in [2.05, 4.69) is 10.0 Å². The van der Waals surface area contributed by atoms with Crippen molar-refractivity contribution in [2.24, 2.45) is 5.92 Å². The van der Waals surface area contributed by atoms with E-state index in [9.17, 15) is 8.42 Å². The van der Waals surface area contributed by atoms with Gasteiger partial charge >= 0.3 is 0 Å². The molecule has 0 spiro atoms. The van der Waals surface area contributed by atoms with Gasteiger partial charge in [0.25, 0.3) is 0 Å². The first-order valence-corrected chi connectivity index (χ1v) is 8.80. The lowest BCUT2D eigenvalue weighted by Crippen LogP contribution is -2.27. The molecule has 1 aromatic carbocycles. The van der Waals surface area contributed by atoms with Crippen LogP contribution in [0.15, 0.2) is 23.1 Å². The van der Waals surface area contributed by atoms with Crippen LogP contribution in [0.1, 0.15) is 32.3 Å². The number of sulfonamides is 1. The van der Waals surface area contributed by atoms with Crippen molar-refractivity contribution < 1.29 is 13.2 Å². The first-order chi connectivity index (χ1) is 9.92. The van der Waals surface area contributed by atoms with Gasteiger partial charge in [-0.2, -0.15) is 0 Å². The zero-order valence-corrected chi connectivity index (χ0v) is 13.7. The van der Waals surface area contributed by atoms with Gasteiger partial charge in [0.05, 0.1) is 12.0 Å². The molecule has 0 heterocycles. The molecule has 0 amide bonds. The monoisotopic (exact) mass is 312 g/mol. The predicted octanol–water partition coefficient (Wildman–Crippen LogP) is 1.88. The fourth-order valence-electron chi connectivity index (χ4n) is 1.96. The lowest BCUT2D eigenvalue weighted by molar-refractivity contribution is 0.407. The third-order valence-electron chi connectivity index (χ3n) is 3.40. The molecule has 0 radical (unpaired) electrons. The summed E-state index contributed by atoms with van der Waals surface area (Å²) in [6.45, 7) is 5.01. The van der Waals surface area contributed by atoms with Crippen LogP contribution in [0.3, 0.4) is 0 Å².